The van der Waals surface area contributed by atoms with Crippen LogP contribution < -0.4 is 10.5 Å². The molecule has 124 valence electrons. The van der Waals surface area contributed by atoms with Crippen LogP contribution in [0.2, 0.25) is 0 Å². The van der Waals surface area contributed by atoms with E-state index in [1.807, 2.05) is 25.1 Å². The molecular weight excluding hydrogens is 302 g/mol. The highest BCUT2D eigenvalue weighted by molar-refractivity contribution is 6.20. The van der Waals surface area contributed by atoms with E-state index in [4.69, 9.17) is 26.8 Å². The van der Waals surface area contributed by atoms with Crippen LogP contribution in [0.1, 0.15) is 37.8 Å². The van der Waals surface area contributed by atoms with Gasteiger partial charge in [-0.25, -0.2) is 0 Å². The fourth-order valence-electron chi connectivity index (χ4n) is 2.35. The summed E-state index contributed by atoms with van der Waals surface area (Å²) in [6.45, 7) is 7.91. The van der Waals surface area contributed by atoms with Crippen molar-refractivity contribution >= 4 is 17.9 Å². The molecule has 0 bridgehead atoms. The van der Waals surface area contributed by atoms with Crippen molar-refractivity contribution in [1.82, 2.24) is 0 Å². The highest BCUT2D eigenvalue weighted by Crippen LogP contribution is 2.35. The Bertz CT molecular complexity index is 503. The number of carbonyl (C=O) groups excluding carboxylic acids is 1. The number of alkyl halides is 1. The largest absolute Gasteiger partial charge is 0.497 e. The summed E-state index contributed by atoms with van der Waals surface area (Å²) >= 11 is 6.46. The minimum Gasteiger partial charge on any atom is -0.497 e. The first kappa shape index (κ1) is 18.9. The fraction of sp³-hybridized carbons (Fsp3) is 0.588. The summed E-state index contributed by atoms with van der Waals surface area (Å²) in [4.78, 5) is 10.9. The molecule has 0 amide bonds. The Morgan fingerprint density at radius 2 is 2.05 bits per heavy atom. The van der Waals surface area contributed by atoms with Gasteiger partial charge in [0.05, 0.1) is 19.3 Å². The van der Waals surface area contributed by atoms with Gasteiger partial charge in [0, 0.05) is 5.92 Å². The smallest absolute Gasteiger partial charge is 0.141 e. The Balaban J connectivity index is 2.96. The minimum absolute atomic E-state index is 0.00461. The highest BCUT2D eigenvalue weighted by Gasteiger charge is 2.29. The van der Waals surface area contributed by atoms with Crippen LogP contribution in [0.15, 0.2) is 18.2 Å². The number of ether oxygens (including phenoxy) is 2. The molecule has 5 heteroatoms. The molecule has 0 radical (unpaired) electrons. The number of rotatable bonds is 8. The third-order valence-electron chi connectivity index (χ3n) is 3.66. The van der Waals surface area contributed by atoms with E-state index in [-0.39, 0.29) is 18.4 Å². The summed E-state index contributed by atoms with van der Waals surface area (Å²) in [6, 6.07) is 5.91. The lowest BCUT2D eigenvalue weighted by Crippen LogP contribution is -2.44. The molecule has 0 fully saturated rings. The second-order valence-electron chi connectivity index (χ2n) is 6.28. The van der Waals surface area contributed by atoms with E-state index in [1.165, 1.54) is 0 Å². The molecule has 0 saturated carbocycles. The number of methoxy groups -OCH3 is 1. The molecule has 0 aromatic heterocycles. The zero-order valence-electron chi connectivity index (χ0n) is 13.9. The van der Waals surface area contributed by atoms with Crippen LogP contribution in [-0.2, 0) is 9.53 Å². The standard InChI is InChI=1S/C17H26ClNO3/c1-11(2)15(16(18)22-10-17(4,19)9-20)14-7-6-13(21-5)8-12(14)3/h6-9,11,15-16H,10,19H2,1-5H3/t15-,16+,17+/m0/s1. The molecule has 1 aromatic rings. The molecule has 3 atom stereocenters. The molecule has 0 saturated heterocycles. The van der Waals surface area contributed by atoms with Gasteiger partial charge >= 0.3 is 0 Å². The molecule has 1 aromatic carbocycles. The topological polar surface area (TPSA) is 61.6 Å². The van der Waals surface area contributed by atoms with Gasteiger partial charge in [0.25, 0.3) is 0 Å². The Morgan fingerprint density at radius 1 is 1.41 bits per heavy atom. The van der Waals surface area contributed by atoms with Crippen LogP contribution in [0.25, 0.3) is 0 Å². The lowest BCUT2D eigenvalue weighted by Gasteiger charge is -2.29. The zero-order valence-corrected chi connectivity index (χ0v) is 14.7. The first-order valence-electron chi connectivity index (χ1n) is 7.37. The van der Waals surface area contributed by atoms with Crippen molar-refractivity contribution in [3.63, 3.8) is 0 Å². The van der Waals surface area contributed by atoms with Gasteiger partial charge in [-0.2, -0.15) is 0 Å². The summed E-state index contributed by atoms with van der Waals surface area (Å²) in [7, 11) is 1.64. The number of aryl methyl sites for hydroxylation is 1. The Morgan fingerprint density at radius 3 is 2.50 bits per heavy atom. The summed E-state index contributed by atoms with van der Waals surface area (Å²) in [5.41, 5.74) is 6.40. The van der Waals surface area contributed by atoms with Gasteiger partial charge in [-0.15, -0.1) is 0 Å². The molecule has 0 heterocycles. The highest BCUT2D eigenvalue weighted by atomic mass is 35.5. The van der Waals surface area contributed by atoms with Gasteiger partial charge in [-0.3, -0.25) is 0 Å². The second kappa shape index (κ2) is 7.95. The van der Waals surface area contributed by atoms with Crippen LogP contribution >= 0.6 is 11.6 Å². The second-order valence-corrected chi connectivity index (χ2v) is 6.71. The van der Waals surface area contributed by atoms with Gasteiger partial charge in [-0.1, -0.05) is 31.5 Å². The molecular formula is C17H26ClNO3. The summed E-state index contributed by atoms with van der Waals surface area (Å²) in [5.74, 6) is 1.08. The van der Waals surface area contributed by atoms with Crippen molar-refractivity contribution < 1.29 is 14.3 Å². The first-order chi connectivity index (χ1) is 10.2. The number of hydrogen-bond acceptors (Lipinski definition) is 4. The number of nitrogens with two attached hydrogens (primary N) is 1. The van der Waals surface area contributed by atoms with Crippen molar-refractivity contribution in [2.45, 2.75) is 44.7 Å². The molecule has 2 N–H and O–H groups in total. The van der Waals surface area contributed by atoms with Crippen LogP contribution in [0, 0.1) is 12.8 Å². The lowest BCUT2D eigenvalue weighted by atomic mass is 9.86. The molecule has 4 nitrogen and oxygen atoms in total. The van der Waals surface area contributed by atoms with Crippen LogP contribution in [0.5, 0.6) is 5.75 Å². The molecule has 0 unspecified atom stereocenters. The minimum atomic E-state index is -1.02. The zero-order chi connectivity index (χ0) is 16.9. The fourth-order valence-corrected chi connectivity index (χ4v) is 2.84. The maximum Gasteiger partial charge on any atom is 0.141 e. The van der Waals surface area contributed by atoms with Crippen molar-refractivity contribution in [3.05, 3.63) is 29.3 Å². The number of halogens is 1. The van der Waals surface area contributed by atoms with E-state index in [0.29, 0.717) is 6.29 Å². The van der Waals surface area contributed by atoms with Crippen molar-refractivity contribution in [1.29, 1.82) is 0 Å². The quantitative estimate of drug-likeness (QED) is 0.588. The predicted molar refractivity (Wildman–Crippen MR) is 89.6 cm³/mol. The van der Waals surface area contributed by atoms with Crippen LogP contribution in [0.3, 0.4) is 0 Å². The van der Waals surface area contributed by atoms with Gasteiger partial charge in [0.1, 0.15) is 17.6 Å². The maximum absolute atomic E-state index is 10.9. The van der Waals surface area contributed by atoms with Crippen molar-refractivity contribution in [3.8, 4) is 5.75 Å². The Labute approximate surface area is 137 Å². The van der Waals surface area contributed by atoms with Crippen LogP contribution in [0.4, 0.5) is 0 Å². The number of hydrogen-bond donors (Lipinski definition) is 1. The van der Waals surface area contributed by atoms with Crippen molar-refractivity contribution in [2.24, 2.45) is 11.7 Å². The average molecular weight is 328 g/mol. The number of carbonyl (C=O) groups is 1. The molecule has 0 aliphatic carbocycles. The summed E-state index contributed by atoms with van der Waals surface area (Å²) in [6.07, 6.45) is 0.680. The molecule has 0 aliphatic heterocycles. The third kappa shape index (κ3) is 4.97. The molecule has 22 heavy (non-hydrogen) atoms. The predicted octanol–water partition coefficient (Wildman–Crippen LogP) is 3.24. The van der Waals surface area contributed by atoms with E-state index in [9.17, 15) is 4.79 Å². The Kier molecular flexibility index (Phi) is 6.85. The molecule has 0 aliphatic rings. The number of benzene rings is 1. The van der Waals surface area contributed by atoms with E-state index in [2.05, 4.69) is 13.8 Å². The lowest BCUT2D eigenvalue weighted by molar-refractivity contribution is -0.114. The van der Waals surface area contributed by atoms with E-state index in [1.54, 1.807) is 14.0 Å². The summed E-state index contributed by atoms with van der Waals surface area (Å²) in [5, 5.41) is 0. The van der Waals surface area contributed by atoms with Gasteiger partial charge < -0.3 is 20.0 Å². The van der Waals surface area contributed by atoms with E-state index >= 15 is 0 Å². The van der Waals surface area contributed by atoms with Gasteiger partial charge in [0.2, 0.25) is 0 Å². The monoisotopic (exact) mass is 327 g/mol. The first-order valence-corrected chi connectivity index (χ1v) is 7.81. The maximum atomic E-state index is 10.9. The van der Waals surface area contributed by atoms with Crippen LogP contribution in [-0.4, -0.2) is 31.1 Å². The molecule has 0 spiro atoms. The SMILES string of the molecule is COc1ccc([C@H](C(C)C)[C@H](Cl)OC[C@](C)(N)C=O)c(C)c1. The number of aldehydes is 1. The summed E-state index contributed by atoms with van der Waals surface area (Å²) < 4.78 is 10.9. The Hall–Kier alpha value is -1.10. The van der Waals surface area contributed by atoms with E-state index in [0.717, 1.165) is 16.9 Å². The molecule has 1 rings (SSSR count). The normalized spacial score (nSPS) is 16.9. The third-order valence-corrected chi connectivity index (χ3v) is 4.06. The van der Waals surface area contributed by atoms with Crippen molar-refractivity contribution in [2.75, 3.05) is 13.7 Å². The van der Waals surface area contributed by atoms with Gasteiger partial charge in [-0.05, 0) is 43.0 Å². The van der Waals surface area contributed by atoms with Gasteiger partial charge in [0.15, 0.2) is 0 Å². The van der Waals surface area contributed by atoms with E-state index < -0.39 is 11.1 Å². The average Bonchev–Trinajstić information content (AvgIpc) is 2.46.